The zero-order chi connectivity index (χ0) is 36.1. The molecule has 3 heterocycles. The molecule has 0 saturated carbocycles. The average Bonchev–Trinajstić information content (AvgIpc) is 3.83. The molecule has 54 heavy (non-hydrogen) atoms. The predicted molar refractivity (Wildman–Crippen MR) is 221 cm³/mol. The van der Waals surface area contributed by atoms with Crippen LogP contribution in [-0.4, -0.2) is 19.5 Å². The van der Waals surface area contributed by atoms with Gasteiger partial charge in [-0.15, -0.1) is 0 Å². The zero-order valence-corrected chi connectivity index (χ0v) is 30.3. The van der Waals surface area contributed by atoms with Crippen molar-refractivity contribution in [1.29, 1.82) is 0 Å². The van der Waals surface area contributed by atoms with Crippen LogP contribution < -0.4 is 0 Å². The molecule has 9 aromatic rings. The van der Waals surface area contributed by atoms with E-state index in [1.54, 1.807) is 0 Å². The molecule has 0 spiro atoms. The number of allylic oxidation sites excluding steroid dienone is 4. The Hall–Kier alpha value is -6.59. The van der Waals surface area contributed by atoms with E-state index in [0.717, 1.165) is 56.3 Å². The van der Waals surface area contributed by atoms with Crippen LogP contribution in [-0.2, 0) is 5.41 Å². The van der Waals surface area contributed by atoms with Gasteiger partial charge in [0.1, 0.15) is 5.58 Å². The molecule has 6 aromatic carbocycles. The summed E-state index contributed by atoms with van der Waals surface area (Å²) in [5.41, 5.74) is 13.2. The molecule has 1 unspecified atom stereocenters. The van der Waals surface area contributed by atoms with Gasteiger partial charge in [0.25, 0.3) is 0 Å². The molecule has 11 rings (SSSR count). The highest BCUT2D eigenvalue weighted by atomic mass is 16.3. The molecule has 0 saturated heterocycles. The summed E-state index contributed by atoms with van der Waals surface area (Å²) < 4.78 is 9.31. The van der Waals surface area contributed by atoms with Gasteiger partial charge in [0.2, 0.25) is 0 Å². The molecule has 0 radical (unpaired) electrons. The second-order valence-electron chi connectivity index (χ2n) is 15.2. The highest BCUT2D eigenvalue weighted by molar-refractivity contribution is 6.16. The van der Waals surface area contributed by atoms with Crippen molar-refractivity contribution in [3.05, 3.63) is 163 Å². The average molecular weight is 697 g/mol. The number of hydrogen-bond acceptors (Lipinski definition) is 4. The zero-order valence-electron chi connectivity index (χ0n) is 30.3. The molecule has 258 valence electrons. The Morgan fingerprint density at radius 3 is 2.26 bits per heavy atom. The number of furan rings is 1. The summed E-state index contributed by atoms with van der Waals surface area (Å²) in [5.74, 6) is 2.30. The molecule has 5 heteroatoms. The molecule has 3 aromatic heterocycles. The molecule has 2 aliphatic rings. The maximum Gasteiger partial charge on any atom is 0.164 e. The summed E-state index contributed by atoms with van der Waals surface area (Å²) in [4.78, 5) is 15.4. The van der Waals surface area contributed by atoms with Gasteiger partial charge in [-0.05, 0) is 64.9 Å². The summed E-state index contributed by atoms with van der Waals surface area (Å²) in [6.45, 7) is 6.92. The van der Waals surface area contributed by atoms with Crippen molar-refractivity contribution in [2.24, 2.45) is 5.92 Å². The van der Waals surface area contributed by atoms with Gasteiger partial charge in [0, 0.05) is 43.7 Å². The van der Waals surface area contributed by atoms with E-state index in [4.69, 9.17) is 19.4 Å². The van der Waals surface area contributed by atoms with E-state index in [1.165, 1.54) is 38.5 Å². The van der Waals surface area contributed by atoms with Crippen LogP contribution in [0.4, 0.5) is 0 Å². The number of rotatable bonds is 4. The SMILES string of the molecule is CC1CC=CC=C1c1nc(-c2ccccc2)nc(-c2cccc3oc4c(-n5c6ccccc6c6cc7c(cc65)C(C)(C)c5ccccc5-7)cccc4c23)n1. The molecule has 2 aliphatic carbocycles. The first-order valence-electron chi connectivity index (χ1n) is 18.8. The van der Waals surface area contributed by atoms with E-state index >= 15 is 0 Å². The quantitative estimate of drug-likeness (QED) is 0.184. The fourth-order valence-electron chi connectivity index (χ4n) is 9.00. The predicted octanol–water partition coefficient (Wildman–Crippen LogP) is 12.5. The standard InChI is InChI=1S/C49H36N4O/c1-29-15-7-8-18-31(29)47-50-46(30-16-5-4-6-17-30)51-48(52-47)35-22-14-26-43-44(35)34-21-13-25-41(45(34)54-43)53-40-24-12-10-20-33(40)37-27-36-32-19-9-11-23-38(32)49(2,3)39(36)28-42(37)53/h4-14,16-29H,15H2,1-3H3. The van der Waals surface area contributed by atoms with Crippen LogP contribution in [0.2, 0.25) is 0 Å². The van der Waals surface area contributed by atoms with Crippen molar-refractivity contribution >= 4 is 49.3 Å². The van der Waals surface area contributed by atoms with Crippen LogP contribution >= 0.6 is 0 Å². The lowest BCUT2D eigenvalue weighted by atomic mass is 9.82. The number of aromatic nitrogens is 4. The molecule has 0 aliphatic heterocycles. The van der Waals surface area contributed by atoms with Gasteiger partial charge in [-0.3, -0.25) is 0 Å². The molecular weight excluding hydrogens is 661 g/mol. The Morgan fingerprint density at radius 1 is 0.630 bits per heavy atom. The van der Waals surface area contributed by atoms with Crippen LogP contribution in [0.1, 0.15) is 44.1 Å². The second-order valence-corrected chi connectivity index (χ2v) is 15.2. The number of nitrogens with zero attached hydrogens (tertiary/aromatic N) is 4. The lowest BCUT2D eigenvalue weighted by molar-refractivity contribution is 0.660. The maximum atomic E-state index is 6.92. The van der Waals surface area contributed by atoms with Gasteiger partial charge >= 0.3 is 0 Å². The molecule has 0 N–H and O–H groups in total. The first-order valence-corrected chi connectivity index (χ1v) is 18.8. The molecule has 5 nitrogen and oxygen atoms in total. The van der Waals surface area contributed by atoms with Crippen molar-refractivity contribution in [1.82, 2.24) is 19.5 Å². The lowest BCUT2D eigenvalue weighted by Gasteiger charge is -2.21. The first kappa shape index (κ1) is 31.0. The van der Waals surface area contributed by atoms with Crippen molar-refractivity contribution in [3.8, 4) is 39.6 Å². The van der Waals surface area contributed by atoms with Gasteiger partial charge in [-0.1, -0.05) is 136 Å². The normalized spacial score (nSPS) is 16.0. The molecule has 1 atom stereocenters. The number of para-hydroxylation sites is 2. The fourth-order valence-corrected chi connectivity index (χ4v) is 9.00. The summed E-state index contributed by atoms with van der Waals surface area (Å²) in [6, 6.07) is 45.3. The summed E-state index contributed by atoms with van der Waals surface area (Å²) in [6.07, 6.45) is 7.40. The van der Waals surface area contributed by atoms with E-state index < -0.39 is 0 Å². The third-order valence-electron chi connectivity index (χ3n) is 11.7. The summed E-state index contributed by atoms with van der Waals surface area (Å²) in [5, 5.41) is 4.47. The van der Waals surface area contributed by atoms with E-state index in [-0.39, 0.29) is 5.41 Å². The van der Waals surface area contributed by atoms with Gasteiger partial charge in [0.15, 0.2) is 23.1 Å². The highest BCUT2D eigenvalue weighted by Crippen LogP contribution is 2.51. The minimum atomic E-state index is -0.120. The Kier molecular flexibility index (Phi) is 6.57. The van der Waals surface area contributed by atoms with E-state index in [1.807, 2.05) is 24.3 Å². The highest BCUT2D eigenvalue weighted by Gasteiger charge is 2.36. The van der Waals surface area contributed by atoms with Crippen LogP contribution in [0, 0.1) is 5.92 Å². The van der Waals surface area contributed by atoms with Gasteiger partial charge < -0.3 is 8.98 Å². The molecule has 0 amide bonds. The maximum absolute atomic E-state index is 6.92. The number of fused-ring (bicyclic) bond motifs is 9. The largest absolute Gasteiger partial charge is 0.454 e. The molecule has 0 fully saturated rings. The number of benzene rings is 6. The lowest BCUT2D eigenvalue weighted by Crippen LogP contribution is -2.14. The Bertz CT molecular complexity index is 3070. The Labute approximate surface area is 313 Å². The van der Waals surface area contributed by atoms with Crippen molar-refractivity contribution in [2.75, 3.05) is 0 Å². The number of hydrogen-bond donors (Lipinski definition) is 0. The Balaban J connectivity index is 1.16. The Morgan fingerprint density at radius 2 is 1.37 bits per heavy atom. The van der Waals surface area contributed by atoms with Gasteiger partial charge in [-0.25, -0.2) is 15.0 Å². The van der Waals surface area contributed by atoms with Crippen molar-refractivity contribution in [3.63, 3.8) is 0 Å². The third-order valence-corrected chi connectivity index (χ3v) is 11.7. The molecular formula is C49H36N4O. The van der Waals surface area contributed by atoms with Crippen LogP contribution in [0.3, 0.4) is 0 Å². The topological polar surface area (TPSA) is 56.7 Å². The minimum Gasteiger partial charge on any atom is -0.454 e. The monoisotopic (exact) mass is 696 g/mol. The smallest absolute Gasteiger partial charge is 0.164 e. The minimum absolute atomic E-state index is 0.120. The van der Waals surface area contributed by atoms with Crippen LogP contribution in [0.15, 0.2) is 150 Å². The van der Waals surface area contributed by atoms with Crippen LogP contribution in [0.25, 0.3) is 88.9 Å². The van der Waals surface area contributed by atoms with Crippen LogP contribution in [0.5, 0.6) is 0 Å². The van der Waals surface area contributed by atoms with Crippen molar-refractivity contribution < 1.29 is 4.42 Å². The first-order chi connectivity index (χ1) is 26.5. The summed E-state index contributed by atoms with van der Waals surface area (Å²) >= 11 is 0. The van der Waals surface area contributed by atoms with E-state index in [0.29, 0.717) is 23.4 Å². The van der Waals surface area contributed by atoms with Gasteiger partial charge in [0.05, 0.1) is 16.7 Å². The summed E-state index contributed by atoms with van der Waals surface area (Å²) in [7, 11) is 0. The van der Waals surface area contributed by atoms with Gasteiger partial charge in [-0.2, -0.15) is 0 Å². The van der Waals surface area contributed by atoms with E-state index in [9.17, 15) is 0 Å². The molecule has 0 bridgehead atoms. The van der Waals surface area contributed by atoms with Crippen molar-refractivity contribution in [2.45, 2.75) is 32.6 Å². The van der Waals surface area contributed by atoms with E-state index in [2.05, 4.69) is 147 Å². The fraction of sp³-hybridized carbons (Fsp3) is 0.122. The second kappa shape index (κ2) is 11.5. The third kappa shape index (κ3) is 4.42.